The molecular weight excluding hydrogens is 430 g/mol. The van der Waals surface area contributed by atoms with Crippen LogP contribution in [0.1, 0.15) is 53.6 Å². The smallest absolute Gasteiger partial charge is 0.257 e. The van der Waals surface area contributed by atoms with Gasteiger partial charge < -0.3 is 24.3 Å². The lowest BCUT2D eigenvalue weighted by Gasteiger charge is -2.21. The Labute approximate surface area is 199 Å². The molecule has 1 amide bonds. The van der Waals surface area contributed by atoms with Gasteiger partial charge in [-0.15, -0.1) is 0 Å². The highest BCUT2D eigenvalue weighted by atomic mass is 16.5. The Bertz CT molecular complexity index is 1300. The van der Waals surface area contributed by atoms with E-state index in [1.165, 1.54) is 0 Å². The van der Waals surface area contributed by atoms with Crippen molar-refractivity contribution in [3.05, 3.63) is 71.2 Å². The van der Waals surface area contributed by atoms with Crippen molar-refractivity contribution in [2.24, 2.45) is 7.05 Å². The minimum Gasteiger partial charge on any atom is -0.493 e. The van der Waals surface area contributed by atoms with E-state index in [2.05, 4.69) is 10.5 Å². The molecule has 178 valence electrons. The highest BCUT2D eigenvalue weighted by molar-refractivity contribution is 5.98. The summed E-state index contributed by atoms with van der Waals surface area (Å²) in [5, 5.41) is 18.8. The number of hydrogen-bond donors (Lipinski definition) is 2. The number of fused-ring (bicyclic) bond motifs is 1. The van der Waals surface area contributed by atoms with Crippen molar-refractivity contribution in [1.29, 1.82) is 0 Å². The van der Waals surface area contributed by atoms with E-state index in [-0.39, 0.29) is 5.92 Å². The van der Waals surface area contributed by atoms with Crippen molar-refractivity contribution in [3.63, 3.8) is 0 Å². The number of carbonyl (C=O) groups is 1. The summed E-state index contributed by atoms with van der Waals surface area (Å²) in [6.45, 7) is 8.10. The molecule has 4 rings (SSSR count). The fourth-order valence-corrected chi connectivity index (χ4v) is 4.34. The van der Waals surface area contributed by atoms with Gasteiger partial charge in [0.2, 0.25) is 0 Å². The number of ether oxygens (including phenoxy) is 1. The van der Waals surface area contributed by atoms with Crippen LogP contribution in [0, 0.1) is 13.8 Å². The highest BCUT2D eigenvalue weighted by Crippen LogP contribution is 2.32. The fraction of sp³-hybridized carbons (Fsp3) is 0.333. The van der Waals surface area contributed by atoms with Gasteiger partial charge in [-0.25, -0.2) is 0 Å². The van der Waals surface area contributed by atoms with Crippen molar-refractivity contribution < 1.29 is 19.2 Å². The molecule has 34 heavy (non-hydrogen) atoms. The first-order valence-corrected chi connectivity index (χ1v) is 11.5. The standard InChI is InChI=1S/C27H31N3O4/c1-6-13-33-24-12-11-19(25-17(3)29-34-18(25)4)14-21(24)27(32)28-26(31)16(2)22-15-30(5)23-10-8-7-9-20(22)23/h7-12,14-16,26,31H,6,13H2,1-5H3,(H,28,32). The van der Waals surface area contributed by atoms with Gasteiger partial charge in [0.1, 0.15) is 17.7 Å². The molecule has 0 spiro atoms. The lowest BCUT2D eigenvalue weighted by atomic mass is 9.98. The number of aliphatic hydroxyl groups is 1. The Morgan fingerprint density at radius 1 is 1.24 bits per heavy atom. The molecule has 7 nitrogen and oxygen atoms in total. The van der Waals surface area contributed by atoms with E-state index in [1.807, 2.05) is 75.8 Å². The Balaban J connectivity index is 1.63. The number of carbonyl (C=O) groups excluding carboxylic acids is 1. The maximum Gasteiger partial charge on any atom is 0.257 e. The molecular formula is C27H31N3O4. The Hall–Kier alpha value is -3.58. The Kier molecular flexibility index (Phi) is 6.75. The van der Waals surface area contributed by atoms with Crippen LogP contribution in [0.15, 0.2) is 53.2 Å². The molecule has 2 aromatic carbocycles. The number of benzene rings is 2. The van der Waals surface area contributed by atoms with Crippen LogP contribution in [0.2, 0.25) is 0 Å². The first-order valence-electron chi connectivity index (χ1n) is 11.5. The van der Waals surface area contributed by atoms with Crippen molar-refractivity contribution in [2.75, 3.05) is 6.61 Å². The van der Waals surface area contributed by atoms with Crippen molar-refractivity contribution in [1.82, 2.24) is 15.0 Å². The number of amides is 1. The van der Waals surface area contributed by atoms with E-state index < -0.39 is 12.1 Å². The van der Waals surface area contributed by atoms with E-state index in [4.69, 9.17) is 9.26 Å². The maximum atomic E-state index is 13.3. The number of rotatable bonds is 8. The van der Waals surface area contributed by atoms with E-state index in [1.54, 1.807) is 12.1 Å². The second-order valence-corrected chi connectivity index (χ2v) is 8.68. The summed E-state index contributed by atoms with van der Waals surface area (Å²) < 4.78 is 13.2. The third-order valence-electron chi connectivity index (χ3n) is 6.18. The van der Waals surface area contributed by atoms with Crippen molar-refractivity contribution in [3.8, 4) is 16.9 Å². The van der Waals surface area contributed by atoms with Gasteiger partial charge in [0.05, 0.1) is 17.9 Å². The average molecular weight is 462 g/mol. The van der Waals surface area contributed by atoms with Crippen LogP contribution in [-0.4, -0.2) is 33.6 Å². The second kappa shape index (κ2) is 9.73. The number of aromatic nitrogens is 2. The highest BCUT2D eigenvalue weighted by Gasteiger charge is 2.25. The molecule has 4 aromatic rings. The Morgan fingerprint density at radius 2 is 2.00 bits per heavy atom. The van der Waals surface area contributed by atoms with Crippen LogP contribution < -0.4 is 10.1 Å². The summed E-state index contributed by atoms with van der Waals surface area (Å²) in [4.78, 5) is 13.3. The molecule has 0 aliphatic carbocycles. The van der Waals surface area contributed by atoms with Gasteiger partial charge in [-0.05, 0) is 49.6 Å². The van der Waals surface area contributed by atoms with Gasteiger partial charge >= 0.3 is 0 Å². The zero-order valence-electron chi connectivity index (χ0n) is 20.3. The normalized spacial score (nSPS) is 13.1. The van der Waals surface area contributed by atoms with Crippen LogP contribution in [0.3, 0.4) is 0 Å². The van der Waals surface area contributed by atoms with E-state index in [9.17, 15) is 9.90 Å². The van der Waals surface area contributed by atoms with Crippen LogP contribution >= 0.6 is 0 Å². The quantitative estimate of drug-likeness (QED) is 0.357. The summed E-state index contributed by atoms with van der Waals surface area (Å²) in [5.41, 5.74) is 4.80. The molecule has 2 unspecified atom stereocenters. The Morgan fingerprint density at radius 3 is 2.71 bits per heavy atom. The summed E-state index contributed by atoms with van der Waals surface area (Å²) >= 11 is 0. The number of nitrogens with zero attached hydrogens (tertiary/aromatic N) is 2. The van der Waals surface area contributed by atoms with E-state index in [0.29, 0.717) is 23.7 Å². The number of aryl methyl sites for hydroxylation is 3. The number of nitrogens with one attached hydrogen (secondary N) is 1. The SMILES string of the molecule is CCCOc1ccc(-c2c(C)noc2C)cc1C(=O)NC(O)C(C)c1cn(C)c2ccccc12. The minimum absolute atomic E-state index is 0.319. The minimum atomic E-state index is -1.08. The first kappa shape index (κ1) is 23.6. The van der Waals surface area contributed by atoms with E-state index in [0.717, 1.165) is 39.7 Å². The number of aliphatic hydroxyl groups excluding tert-OH is 1. The summed E-state index contributed by atoms with van der Waals surface area (Å²) in [5.74, 6) is 0.427. The first-order chi connectivity index (χ1) is 16.3. The van der Waals surface area contributed by atoms with Gasteiger partial charge in [-0.1, -0.05) is 43.3 Å². The molecule has 2 aromatic heterocycles. The van der Waals surface area contributed by atoms with Crippen LogP contribution in [0.5, 0.6) is 5.75 Å². The molecule has 0 aliphatic rings. The van der Waals surface area contributed by atoms with Gasteiger partial charge in [0, 0.05) is 35.6 Å². The molecule has 2 atom stereocenters. The maximum absolute atomic E-state index is 13.3. The number of hydrogen-bond acceptors (Lipinski definition) is 5. The molecule has 2 N–H and O–H groups in total. The molecule has 2 heterocycles. The zero-order valence-corrected chi connectivity index (χ0v) is 20.3. The third-order valence-corrected chi connectivity index (χ3v) is 6.18. The predicted molar refractivity (Wildman–Crippen MR) is 132 cm³/mol. The summed E-state index contributed by atoms with van der Waals surface area (Å²) in [6.07, 6.45) is 1.73. The number of para-hydroxylation sites is 1. The fourth-order valence-electron chi connectivity index (χ4n) is 4.34. The molecule has 7 heteroatoms. The van der Waals surface area contributed by atoms with Gasteiger partial charge in [-0.2, -0.15) is 0 Å². The third kappa shape index (κ3) is 4.43. The average Bonchev–Trinajstić information content (AvgIpc) is 3.35. The van der Waals surface area contributed by atoms with Gasteiger partial charge in [0.25, 0.3) is 5.91 Å². The molecule has 0 aliphatic heterocycles. The van der Waals surface area contributed by atoms with Gasteiger partial charge in [-0.3, -0.25) is 4.79 Å². The molecule has 0 radical (unpaired) electrons. The summed E-state index contributed by atoms with van der Waals surface area (Å²) in [6, 6.07) is 13.5. The lowest BCUT2D eigenvalue weighted by Crippen LogP contribution is -2.38. The summed E-state index contributed by atoms with van der Waals surface area (Å²) in [7, 11) is 1.97. The monoisotopic (exact) mass is 461 g/mol. The second-order valence-electron chi connectivity index (χ2n) is 8.68. The molecule has 0 saturated carbocycles. The molecule has 0 fully saturated rings. The largest absolute Gasteiger partial charge is 0.493 e. The predicted octanol–water partition coefficient (Wildman–Crippen LogP) is 5.09. The topological polar surface area (TPSA) is 89.5 Å². The van der Waals surface area contributed by atoms with Crippen LogP contribution in [0.25, 0.3) is 22.0 Å². The van der Waals surface area contributed by atoms with Crippen molar-refractivity contribution in [2.45, 2.75) is 46.3 Å². The molecule has 0 saturated heterocycles. The van der Waals surface area contributed by atoms with Crippen LogP contribution in [0.4, 0.5) is 0 Å². The molecule has 0 bridgehead atoms. The van der Waals surface area contributed by atoms with Crippen molar-refractivity contribution >= 4 is 16.8 Å². The zero-order chi connectivity index (χ0) is 24.4. The van der Waals surface area contributed by atoms with Gasteiger partial charge in [0.15, 0.2) is 0 Å². The lowest BCUT2D eigenvalue weighted by molar-refractivity contribution is 0.0724. The van der Waals surface area contributed by atoms with E-state index >= 15 is 0 Å². The van der Waals surface area contributed by atoms with Crippen LogP contribution in [-0.2, 0) is 7.05 Å².